The molecule has 1 saturated carbocycles. The normalized spacial score (nSPS) is 18.5. The van der Waals surface area contributed by atoms with E-state index in [1.54, 1.807) is 24.3 Å². The van der Waals surface area contributed by atoms with Crippen molar-refractivity contribution in [2.75, 3.05) is 7.11 Å². The van der Waals surface area contributed by atoms with Gasteiger partial charge in [-0.1, -0.05) is 46.6 Å². The number of hydrogen-bond acceptors (Lipinski definition) is 7. The van der Waals surface area contributed by atoms with Gasteiger partial charge in [0.05, 0.1) is 25.6 Å². The minimum atomic E-state index is -0.894. The number of rotatable bonds is 11. The molecule has 3 rings (SSSR count). The third-order valence-electron chi connectivity index (χ3n) is 6.45. The summed E-state index contributed by atoms with van der Waals surface area (Å²) in [5.74, 6) is -1.80. The minimum absolute atomic E-state index is 0.0913. The number of carbonyl (C=O) groups excluding carboxylic acids is 3. The molecule has 1 heterocycles. The molecule has 0 bridgehead atoms. The maximum absolute atomic E-state index is 13.4. The van der Waals surface area contributed by atoms with Gasteiger partial charge in [0, 0.05) is 11.6 Å². The van der Waals surface area contributed by atoms with Gasteiger partial charge in [-0.25, -0.2) is 4.79 Å². The Balaban J connectivity index is 1.75. The minimum Gasteiger partial charge on any atom is -0.497 e. The molecule has 0 spiro atoms. The van der Waals surface area contributed by atoms with Crippen LogP contribution < -0.4 is 21.1 Å². The van der Waals surface area contributed by atoms with E-state index < -0.39 is 23.5 Å². The van der Waals surface area contributed by atoms with Gasteiger partial charge in [-0.05, 0) is 49.3 Å². The number of ether oxygens (including phenoxy) is 1. The Hall–Kier alpha value is -3.43. The van der Waals surface area contributed by atoms with Gasteiger partial charge in [0.15, 0.2) is 0 Å². The van der Waals surface area contributed by atoms with Crippen molar-refractivity contribution in [1.82, 2.24) is 20.4 Å². The second-order valence-electron chi connectivity index (χ2n) is 10.5. The zero-order valence-electron chi connectivity index (χ0n) is 22.3. The predicted octanol–water partition coefficient (Wildman–Crippen LogP) is 3.20. The zero-order chi connectivity index (χ0) is 27.1. The first-order valence-corrected chi connectivity index (χ1v) is 13.0. The summed E-state index contributed by atoms with van der Waals surface area (Å²) >= 11 is 0. The molecule has 1 aromatic heterocycles. The molecule has 37 heavy (non-hydrogen) atoms. The highest BCUT2D eigenvalue weighted by molar-refractivity contribution is 5.99. The summed E-state index contributed by atoms with van der Waals surface area (Å²) in [4.78, 5) is 51.7. The Bertz CT molecular complexity index is 1150. The topological polar surface area (TPSA) is 133 Å². The fourth-order valence-corrected chi connectivity index (χ4v) is 4.63. The SMILES string of the molecule is COc1cccc(C(=O)N[C@H]2CCCC[C@H]2C(=O)N[C@@H](CC(C)C)C(=O)c2nn(CC(C)C)c(=O)o2)c1. The number of benzene rings is 1. The highest BCUT2D eigenvalue weighted by Gasteiger charge is 2.36. The number of amides is 2. The van der Waals surface area contributed by atoms with E-state index in [1.165, 1.54) is 7.11 Å². The van der Waals surface area contributed by atoms with Gasteiger partial charge >= 0.3 is 5.76 Å². The average molecular weight is 515 g/mol. The van der Waals surface area contributed by atoms with Crippen molar-refractivity contribution in [2.45, 2.75) is 78.4 Å². The Labute approximate surface area is 217 Å². The quantitative estimate of drug-likeness (QED) is 0.440. The highest BCUT2D eigenvalue weighted by atomic mass is 16.5. The van der Waals surface area contributed by atoms with Crippen LogP contribution in [0.1, 0.15) is 80.8 Å². The van der Waals surface area contributed by atoms with Crippen LogP contribution >= 0.6 is 0 Å². The van der Waals surface area contributed by atoms with E-state index in [0.717, 1.165) is 17.5 Å². The van der Waals surface area contributed by atoms with E-state index in [1.807, 2.05) is 27.7 Å². The second kappa shape index (κ2) is 12.7. The van der Waals surface area contributed by atoms with Gasteiger partial charge in [0.25, 0.3) is 11.8 Å². The largest absolute Gasteiger partial charge is 0.497 e. The lowest BCUT2D eigenvalue weighted by atomic mass is 9.83. The number of nitrogens with zero attached hydrogens (tertiary/aromatic N) is 2. The maximum atomic E-state index is 13.4. The average Bonchev–Trinajstić information content (AvgIpc) is 3.22. The summed E-state index contributed by atoms with van der Waals surface area (Å²) < 4.78 is 11.5. The lowest BCUT2D eigenvalue weighted by molar-refractivity contribution is -0.127. The molecule has 1 fully saturated rings. The molecule has 0 radical (unpaired) electrons. The summed E-state index contributed by atoms with van der Waals surface area (Å²) in [6.07, 6.45) is 3.35. The fourth-order valence-electron chi connectivity index (χ4n) is 4.63. The van der Waals surface area contributed by atoms with Crippen LogP contribution in [-0.2, 0) is 11.3 Å². The number of aromatic nitrogens is 2. The lowest BCUT2D eigenvalue weighted by Crippen LogP contribution is -2.52. The van der Waals surface area contributed by atoms with Crippen molar-refractivity contribution in [3.05, 3.63) is 46.3 Å². The molecule has 0 aliphatic heterocycles. The molecule has 10 heteroatoms. The van der Waals surface area contributed by atoms with Crippen molar-refractivity contribution < 1.29 is 23.5 Å². The molecule has 0 saturated heterocycles. The van der Waals surface area contributed by atoms with Gasteiger partial charge < -0.3 is 19.8 Å². The van der Waals surface area contributed by atoms with Gasteiger partial charge in [-0.3, -0.25) is 14.4 Å². The number of hydrogen-bond donors (Lipinski definition) is 2. The van der Waals surface area contributed by atoms with Gasteiger partial charge in [-0.2, -0.15) is 4.68 Å². The fraction of sp³-hybridized carbons (Fsp3) is 0.593. The summed E-state index contributed by atoms with van der Waals surface area (Å²) in [7, 11) is 1.54. The Morgan fingerprint density at radius 3 is 2.54 bits per heavy atom. The van der Waals surface area contributed by atoms with Crippen LogP contribution in [0, 0.1) is 17.8 Å². The lowest BCUT2D eigenvalue weighted by Gasteiger charge is -2.32. The van der Waals surface area contributed by atoms with Crippen molar-refractivity contribution in [3.8, 4) is 5.75 Å². The standard InChI is InChI=1S/C27H38N4O6/c1-16(2)13-22(23(32)26-30-31(15-17(3)4)27(35)37-26)29-25(34)20-11-6-7-12-21(20)28-24(33)18-9-8-10-19(14-18)36-5/h8-10,14,16-17,20-22H,6-7,11-13,15H2,1-5H3,(H,28,33)(H,29,34)/t20-,21+,22+/m1/s1. The number of Topliss-reactive ketones (excluding diaryl/α,β-unsaturated/α-hetero) is 1. The van der Waals surface area contributed by atoms with E-state index in [0.29, 0.717) is 37.1 Å². The first-order chi connectivity index (χ1) is 17.6. The Morgan fingerprint density at radius 2 is 1.86 bits per heavy atom. The van der Waals surface area contributed by atoms with E-state index in [4.69, 9.17) is 9.15 Å². The molecule has 1 aliphatic carbocycles. The van der Waals surface area contributed by atoms with Crippen LogP contribution in [0.3, 0.4) is 0 Å². The first kappa shape index (κ1) is 28.1. The maximum Gasteiger partial charge on any atom is 0.437 e. The molecule has 1 aliphatic rings. The smallest absolute Gasteiger partial charge is 0.437 e. The molecule has 2 amide bonds. The Kier molecular flexibility index (Phi) is 9.66. The van der Waals surface area contributed by atoms with Crippen LogP contribution in [0.4, 0.5) is 0 Å². The highest BCUT2D eigenvalue weighted by Crippen LogP contribution is 2.26. The predicted molar refractivity (Wildman–Crippen MR) is 138 cm³/mol. The summed E-state index contributed by atoms with van der Waals surface area (Å²) in [6.45, 7) is 8.07. The number of methoxy groups -OCH3 is 1. The third kappa shape index (κ3) is 7.53. The summed E-state index contributed by atoms with van der Waals surface area (Å²) in [5.41, 5.74) is 0.448. The second-order valence-corrected chi connectivity index (χ2v) is 10.5. The van der Waals surface area contributed by atoms with E-state index in [9.17, 15) is 19.2 Å². The van der Waals surface area contributed by atoms with E-state index in [-0.39, 0.29) is 35.6 Å². The van der Waals surface area contributed by atoms with Crippen LogP contribution in [0.2, 0.25) is 0 Å². The van der Waals surface area contributed by atoms with E-state index in [2.05, 4.69) is 15.7 Å². The van der Waals surface area contributed by atoms with Gasteiger partial charge in [-0.15, -0.1) is 5.10 Å². The summed E-state index contributed by atoms with van der Waals surface area (Å²) in [6, 6.07) is 5.57. The molecule has 2 aromatic rings. The van der Waals surface area contributed by atoms with Crippen LogP contribution in [-0.4, -0.2) is 46.6 Å². The number of carbonyl (C=O) groups is 3. The van der Waals surface area contributed by atoms with Crippen molar-refractivity contribution in [3.63, 3.8) is 0 Å². The third-order valence-corrected chi connectivity index (χ3v) is 6.45. The van der Waals surface area contributed by atoms with Gasteiger partial charge in [0.1, 0.15) is 5.75 Å². The summed E-state index contributed by atoms with van der Waals surface area (Å²) in [5, 5.41) is 9.95. The monoisotopic (exact) mass is 514 g/mol. The first-order valence-electron chi connectivity index (χ1n) is 13.0. The number of nitrogens with one attached hydrogen (secondary N) is 2. The van der Waals surface area contributed by atoms with Gasteiger partial charge in [0.2, 0.25) is 11.7 Å². The molecule has 3 atom stereocenters. The van der Waals surface area contributed by atoms with Crippen LogP contribution in [0.25, 0.3) is 0 Å². The Morgan fingerprint density at radius 1 is 1.14 bits per heavy atom. The molecular weight excluding hydrogens is 476 g/mol. The molecule has 10 nitrogen and oxygen atoms in total. The molecule has 202 valence electrons. The number of ketones is 1. The molecule has 0 unspecified atom stereocenters. The van der Waals surface area contributed by atoms with Crippen LogP contribution in [0.15, 0.2) is 33.5 Å². The van der Waals surface area contributed by atoms with Crippen LogP contribution in [0.5, 0.6) is 5.75 Å². The zero-order valence-corrected chi connectivity index (χ0v) is 22.3. The van der Waals surface area contributed by atoms with Crippen molar-refractivity contribution >= 4 is 17.6 Å². The van der Waals surface area contributed by atoms with Crippen molar-refractivity contribution in [1.29, 1.82) is 0 Å². The van der Waals surface area contributed by atoms with E-state index >= 15 is 0 Å². The molecular formula is C27H38N4O6. The molecule has 1 aromatic carbocycles. The molecule has 2 N–H and O–H groups in total. The van der Waals surface area contributed by atoms with Crippen molar-refractivity contribution in [2.24, 2.45) is 17.8 Å².